The summed E-state index contributed by atoms with van der Waals surface area (Å²) < 4.78 is 16.7. The third-order valence-electron chi connectivity index (χ3n) is 10.7. The maximum Gasteiger partial charge on any atom is 0.306 e. The van der Waals surface area contributed by atoms with Crippen molar-refractivity contribution in [3.63, 3.8) is 0 Å². The summed E-state index contributed by atoms with van der Waals surface area (Å²) in [5.41, 5.74) is 0. The fourth-order valence-corrected chi connectivity index (χ4v) is 6.77. The van der Waals surface area contributed by atoms with Gasteiger partial charge >= 0.3 is 17.9 Å². The second-order valence-corrected chi connectivity index (χ2v) is 17.0. The molecular weight excluding hydrogens is 805 g/mol. The van der Waals surface area contributed by atoms with Crippen molar-refractivity contribution in [2.24, 2.45) is 0 Å². The van der Waals surface area contributed by atoms with E-state index < -0.39 is 6.10 Å². The van der Waals surface area contributed by atoms with Crippen molar-refractivity contribution in [2.45, 2.75) is 232 Å². The van der Waals surface area contributed by atoms with E-state index in [1.807, 2.05) is 12.2 Å². The number of ether oxygens (including phenoxy) is 3. The molecule has 0 amide bonds. The van der Waals surface area contributed by atoms with Gasteiger partial charge in [-0.2, -0.15) is 0 Å². The Bertz CT molecular complexity index is 1360. The van der Waals surface area contributed by atoms with Crippen molar-refractivity contribution in [2.75, 3.05) is 13.2 Å². The van der Waals surface area contributed by atoms with E-state index in [0.29, 0.717) is 19.3 Å². The minimum Gasteiger partial charge on any atom is -0.462 e. The highest BCUT2D eigenvalue weighted by Gasteiger charge is 2.19. The summed E-state index contributed by atoms with van der Waals surface area (Å²) in [5.74, 6) is -1.03. The van der Waals surface area contributed by atoms with Gasteiger partial charge in [-0.05, 0) is 109 Å². The van der Waals surface area contributed by atoms with Gasteiger partial charge in [0.25, 0.3) is 0 Å². The lowest BCUT2D eigenvalue weighted by Crippen LogP contribution is -2.30. The lowest BCUT2D eigenvalue weighted by atomic mass is 10.1. The quantitative estimate of drug-likeness (QED) is 0.0262. The summed E-state index contributed by atoms with van der Waals surface area (Å²) in [7, 11) is 0. The van der Waals surface area contributed by atoms with Gasteiger partial charge in [0, 0.05) is 19.3 Å². The Morgan fingerprint density at radius 3 is 1.09 bits per heavy atom. The predicted octanol–water partition coefficient (Wildman–Crippen LogP) is 17.5. The molecule has 0 aliphatic heterocycles. The predicted molar refractivity (Wildman–Crippen MR) is 279 cm³/mol. The van der Waals surface area contributed by atoms with Crippen molar-refractivity contribution in [1.29, 1.82) is 0 Å². The molecule has 0 aliphatic rings. The topological polar surface area (TPSA) is 78.9 Å². The lowest BCUT2D eigenvalue weighted by Gasteiger charge is -2.18. The van der Waals surface area contributed by atoms with Crippen molar-refractivity contribution in [3.8, 4) is 0 Å². The summed E-state index contributed by atoms with van der Waals surface area (Å²) >= 11 is 0. The Hall–Kier alpha value is -3.93. The zero-order valence-corrected chi connectivity index (χ0v) is 42.0. The van der Waals surface area contributed by atoms with Gasteiger partial charge in [0.15, 0.2) is 6.10 Å². The first kappa shape index (κ1) is 61.1. The van der Waals surface area contributed by atoms with Gasteiger partial charge in [0.05, 0.1) is 0 Å². The van der Waals surface area contributed by atoms with E-state index in [1.54, 1.807) is 0 Å². The normalized spacial score (nSPS) is 13.0. The molecule has 0 rings (SSSR count). The molecule has 0 N–H and O–H groups in total. The average Bonchev–Trinajstić information content (AvgIpc) is 3.30. The van der Waals surface area contributed by atoms with Gasteiger partial charge in [-0.1, -0.05) is 207 Å². The molecule has 65 heavy (non-hydrogen) atoms. The molecule has 0 aliphatic carbocycles. The molecule has 6 heteroatoms. The van der Waals surface area contributed by atoms with Crippen LogP contribution in [0.5, 0.6) is 0 Å². The van der Waals surface area contributed by atoms with E-state index in [4.69, 9.17) is 14.2 Å². The first-order valence-corrected chi connectivity index (χ1v) is 26.4. The Kier molecular flexibility index (Phi) is 49.5. The molecule has 6 nitrogen and oxygen atoms in total. The number of hydrogen-bond acceptors (Lipinski definition) is 6. The van der Waals surface area contributed by atoms with Crippen LogP contribution in [0.25, 0.3) is 0 Å². The maximum absolute atomic E-state index is 12.8. The second kappa shape index (κ2) is 52.7. The Morgan fingerprint density at radius 2 is 0.646 bits per heavy atom. The molecule has 0 bridgehead atoms. The van der Waals surface area contributed by atoms with E-state index in [0.717, 1.165) is 116 Å². The Morgan fingerprint density at radius 1 is 0.323 bits per heavy atom. The molecule has 0 aromatic heterocycles. The molecule has 0 saturated carbocycles. The largest absolute Gasteiger partial charge is 0.462 e. The van der Waals surface area contributed by atoms with Crippen LogP contribution < -0.4 is 0 Å². The zero-order valence-electron chi connectivity index (χ0n) is 42.0. The van der Waals surface area contributed by atoms with Crippen molar-refractivity contribution >= 4 is 17.9 Å². The maximum atomic E-state index is 12.8. The van der Waals surface area contributed by atoms with Crippen LogP contribution in [0.15, 0.2) is 109 Å². The summed E-state index contributed by atoms with van der Waals surface area (Å²) in [4.78, 5) is 38.0. The molecule has 0 unspecified atom stereocenters. The minimum atomic E-state index is -0.820. The molecule has 0 aromatic rings. The number of hydrogen-bond donors (Lipinski definition) is 0. The van der Waals surface area contributed by atoms with Gasteiger partial charge in [-0.3, -0.25) is 14.4 Å². The standard InChI is InChI=1S/C59H96O6/c1-4-7-10-13-16-19-22-25-28-29-30-31-32-35-37-40-43-46-49-52-58(61)64-55-56(65-59(62)53-50-47-44-41-38-34-27-24-21-18-15-12-9-6-3)54-63-57(60)51-48-45-42-39-36-33-26-23-20-17-14-11-8-5-2/h7,10,15-16,18-19,23-28,30-31,35,37,43,46,56H,4-6,8-9,11-14,17,20-22,29,32-34,36,38-42,44-45,47-55H2,1-3H3/b10-7+,18-15+,19-16+,26-23+,27-24+,28-25+,31-30+,37-35+,46-43+/t56-/m1/s1. The van der Waals surface area contributed by atoms with Crippen LogP contribution in [0, 0.1) is 0 Å². The third kappa shape index (κ3) is 50.9. The Labute approximate surface area is 400 Å². The average molecular weight is 901 g/mol. The van der Waals surface area contributed by atoms with Crippen LogP contribution in [0.3, 0.4) is 0 Å². The highest BCUT2D eigenvalue weighted by molar-refractivity contribution is 5.71. The van der Waals surface area contributed by atoms with E-state index in [9.17, 15) is 14.4 Å². The van der Waals surface area contributed by atoms with E-state index in [2.05, 4.69) is 118 Å². The van der Waals surface area contributed by atoms with Gasteiger partial charge in [0.1, 0.15) is 13.2 Å². The molecule has 368 valence electrons. The SMILES string of the molecule is CC/C=C/C/C=C/C/C=C/C/C=C/C/C=C/C/C=C/CCC(=O)OC[C@@H](COC(=O)CCCCCCC/C=C/CCCCCCC)OC(=O)CCCCCCC/C=C/C/C=C/CCCC. The zero-order chi connectivity index (χ0) is 47.2. The Balaban J connectivity index is 4.54. The highest BCUT2D eigenvalue weighted by Crippen LogP contribution is 2.13. The van der Waals surface area contributed by atoms with E-state index in [1.165, 1.54) is 64.2 Å². The van der Waals surface area contributed by atoms with Gasteiger partial charge in [0.2, 0.25) is 0 Å². The summed E-state index contributed by atoms with van der Waals surface area (Å²) in [5, 5.41) is 0. The summed E-state index contributed by atoms with van der Waals surface area (Å²) in [6.45, 7) is 6.38. The number of rotatable bonds is 46. The van der Waals surface area contributed by atoms with Crippen molar-refractivity contribution in [3.05, 3.63) is 109 Å². The number of allylic oxidation sites excluding steroid dienone is 18. The van der Waals surface area contributed by atoms with Crippen LogP contribution in [-0.4, -0.2) is 37.2 Å². The number of esters is 3. The first-order chi connectivity index (χ1) is 32.0. The number of carbonyl (C=O) groups is 3. The fraction of sp³-hybridized carbons (Fsp3) is 0.644. The highest BCUT2D eigenvalue weighted by atomic mass is 16.6. The van der Waals surface area contributed by atoms with Gasteiger partial charge in [-0.25, -0.2) is 0 Å². The lowest BCUT2D eigenvalue weighted by molar-refractivity contribution is -0.166. The van der Waals surface area contributed by atoms with E-state index in [-0.39, 0.29) is 37.5 Å². The molecular formula is C59H96O6. The van der Waals surface area contributed by atoms with Gasteiger partial charge in [-0.15, -0.1) is 0 Å². The molecule has 0 saturated heterocycles. The summed E-state index contributed by atoms with van der Waals surface area (Å²) in [6.07, 6.45) is 70.8. The molecule has 0 heterocycles. The fourth-order valence-electron chi connectivity index (χ4n) is 6.77. The van der Waals surface area contributed by atoms with Crippen LogP contribution in [0.4, 0.5) is 0 Å². The van der Waals surface area contributed by atoms with Crippen LogP contribution in [0.1, 0.15) is 226 Å². The molecule has 0 aromatic carbocycles. The minimum absolute atomic E-state index is 0.113. The van der Waals surface area contributed by atoms with Crippen molar-refractivity contribution < 1.29 is 28.6 Å². The van der Waals surface area contributed by atoms with Gasteiger partial charge < -0.3 is 14.2 Å². The molecule has 0 fully saturated rings. The number of unbranched alkanes of at least 4 members (excludes halogenated alkanes) is 17. The summed E-state index contributed by atoms with van der Waals surface area (Å²) in [6, 6.07) is 0. The van der Waals surface area contributed by atoms with Crippen LogP contribution in [0.2, 0.25) is 0 Å². The third-order valence-corrected chi connectivity index (χ3v) is 10.7. The number of carbonyl (C=O) groups excluding carboxylic acids is 3. The molecule has 0 radical (unpaired) electrons. The van der Waals surface area contributed by atoms with E-state index >= 15 is 0 Å². The van der Waals surface area contributed by atoms with Crippen LogP contribution in [-0.2, 0) is 28.6 Å². The monoisotopic (exact) mass is 901 g/mol. The molecule has 1 atom stereocenters. The first-order valence-electron chi connectivity index (χ1n) is 26.4. The second-order valence-electron chi connectivity index (χ2n) is 17.0. The van der Waals surface area contributed by atoms with Crippen molar-refractivity contribution in [1.82, 2.24) is 0 Å². The molecule has 0 spiro atoms. The smallest absolute Gasteiger partial charge is 0.306 e. The van der Waals surface area contributed by atoms with Crippen LogP contribution >= 0.6 is 0 Å².